The average molecular weight is 180 g/mol. The number of aryl methyl sites for hydroxylation is 1. The van der Waals surface area contributed by atoms with E-state index in [2.05, 4.69) is 0 Å². The first-order valence-corrected chi connectivity index (χ1v) is 3.94. The molecule has 0 radical (unpaired) electrons. The van der Waals surface area contributed by atoms with Crippen molar-refractivity contribution in [3.8, 4) is 0 Å². The van der Waals surface area contributed by atoms with Crippen LogP contribution >= 0.6 is 0 Å². The highest BCUT2D eigenvalue weighted by atomic mass is 16.6. The summed E-state index contributed by atoms with van der Waals surface area (Å²) in [5, 5.41) is 0. The van der Waals surface area contributed by atoms with E-state index in [0.29, 0.717) is 6.61 Å². The van der Waals surface area contributed by atoms with Gasteiger partial charge in [0.25, 0.3) is 0 Å². The molecule has 0 saturated carbocycles. The molecule has 3 heteroatoms. The maximum Gasteiger partial charge on any atom is 0.171 e. The fraction of sp³-hybridized carbons (Fsp3) is 0.300. The quantitative estimate of drug-likeness (QED) is 0.494. The van der Waals surface area contributed by atoms with Crippen molar-refractivity contribution in [1.82, 2.24) is 0 Å². The number of carbonyl (C=O) groups excluding carboxylic acids is 1. The van der Waals surface area contributed by atoms with Crippen LogP contribution in [0.5, 0.6) is 0 Å². The molecule has 1 heterocycles. The van der Waals surface area contributed by atoms with Crippen LogP contribution in [-0.4, -0.2) is 18.4 Å². The standard InChI is InChI=1S/C10H10O2.H2O/c1-8-2-4-9(5-3-8)10(6-11)7-12-10;/h2-6H,7H2,1H3;1H2. The van der Waals surface area contributed by atoms with Gasteiger partial charge in [0.1, 0.15) is 0 Å². The van der Waals surface area contributed by atoms with E-state index in [1.54, 1.807) is 0 Å². The van der Waals surface area contributed by atoms with Gasteiger partial charge in [-0.15, -0.1) is 0 Å². The minimum absolute atomic E-state index is 0. The molecule has 0 aromatic heterocycles. The summed E-state index contributed by atoms with van der Waals surface area (Å²) in [6.07, 6.45) is 0.873. The van der Waals surface area contributed by atoms with Crippen LogP contribution < -0.4 is 0 Å². The van der Waals surface area contributed by atoms with Crippen LogP contribution in [0.15, 0.2) is 24.3 Å². The Balaban J connectivity index is 0.000000845. The minimum Gasteiger partial charge on any atom is -0.412 e. The molecule has 2 N–H and O–H groups in total. The summed E-state index contributed by atoms with van der Waals surface area (Å²) in [6.45, 7) is 2.55. The van der Waals surface area contributed by atoms with Crippen molar-refractivity contribution in [2.45, 2.75) is 12.5 Å². The molecule has 0 amide bonds. The Morgan fingerprint density at radius 2 is 1.92 bits per heavy atom. The number of benzene rings is 1. The van der Waals surface area contributed by atoms with Gasteiger partial charge in [0.15, 0.2) is 11.9 Å². The smallest absolute Gasteiger partial charge is 0.171 e. The highest BCUT2D eigenvalue weighted by Crippen LogP contribution is 2.36. The van der Waals surface area contributed by atoms with Crippen LogP contribution in [0.3, 0.4) is 0 Å². The number of hydrogen-bond donors (Lipinski definition) is 0. The molecular formula is C10H12O3. The summed E-state index contributed by atoms with van der Waals surface area (Å²) in [7, 11) is 0. The molecule has 13 heavy (non-hydrogen) atoms. The van der Waals surface area contributed by atoms with Gasteiger partial charge in [0.05, 0.1) is 6.61 Å². The highest BCUT2D eigenvalue weighted by Gasteiger charge is 2.46. The Morgan fingerprint density at radius 3 is 2.31 bits per heavy atom. The Bertz CT molecular complexity index is 298. The summed E-state index contributed by atoms with van der Waals surface area (Å²) in [5.74, 6) is 0. The highest BCUT2D eigenvalue weighted by molar-refractivity contribution is 5.69. The fourth-order valence-corrected chi connectivity index (χ4v) is 1.22. The zero-order valence-corrected chi connectivity index (χ0v) is 7.41. The van der Waals surface area contributed by atoms with Gasteiger partial charge in [-0.3, -0.25) is 4.79 Å². The summed E-state index contributed by atoms with van der Waals surface area (Å²) in [5.41, 5.74) is 1.55. The lowest BCUT2D eigenvalue weighted by Gasteiger charge is -2.03. The molecule has 1 saturated heterocycles. The third-order valence-electron chi connectivity index (χ3n) is 2.19. The van der Waals surface area contributed by atoms with Gasteiger partial charge < -0.3 is 10.2 Å². The first-order chi connectivity index (χ1) is 5.77. The molecule has 1 fully saturated rings. The number of epoxide rings is 1. The summed E-state index contributed by atoms with van der Waals surface area (Å²) in [6, 6.07) is 7.86. The third kappa shape index (κ3) is 1.61. The molecule has 1 aromatic rings. The predicted octanol–water partition coefficient (Wildman–Crippen LogP) is 0.595. The zero-order valence-electron chi connectivity index (χ0n) is 7.41. The number of rotatable bonds is 2. The second-order valence-electron chi connectivity index (χ2n) is 3.16. The van der Waals surface area contributed by atoms with Gasteiger partial charge in [-0.2, -0.15) is 0 Å². The largest absolute Gasteiger partial charge is 0.412 e. The molecule has 0 spiro atoms. The molecule has 2 rings (SSSR count). The summed E-state index contributed by atoms with van der Waals surface area (Å²) >= 11 is 0. The number of carbonyl (C=O) groups is 1. The van der Waals surface area contributed by atoms with E-state index in [4.69, 9.17) is 4.74 Å². The van der Waals surface area contributed by atoms with Gasteiger partial charge >= 0.3 is 0 Å². The average Bonchev–Trinajstić information content (AvgIpc) is 2.86. The lowest BCUT2D eigenvalue weighted by atomic mass is 10.0. The van der Waals surface area contributed by atoms with Crippen molar-refractivity contribution in [3.05, 3.63) is 35.4 Å². The molecule has 0 aliphatic carbocycles. The SMILES string of the molecule is Cc1ccc(C2(C=O)CO2)cc1.O. The first kappa shape index (κ1) is 9.89. The number of aldehydes is 1. The van der Waals surface area contributed by atoms with Gasteiger partial charge in [-0.1, -0.05) is 29.8 Å². The topological polar surface area (TPSA) is 61.1 Å². The van der Waals surface area contributed by atoms with E-state index in [0.717, 1.165) is 11.8 Å². The van der Waals surface area contributed by atoms with Crippen molar-refractivity contribution in [3.63, 3.8) is 0 Å². The van der Waals surface area contributed by atoms with E-state index < -0.39 is 5.60 Å². The maximum absolute atomic E-state index is 10.6. The van der Waals surface area contributed by atoms with E-state index in [1.807, 2.05) is 31.2 Å². The molecule has 1 atom stereocenters. The summed E-state index contributed by atoms with van der Waals surface area (Å²) in [4.78, 5) is 10.6. The Morgan fingerprint density at radius 1 is 1.38 bits per heavy atom. The van der Waals surface area contributed by atoms with Crippen molar-refractivity contribution in [2.24, 2.45) is 0 Å². The van der Waals surface area contributed by atoms with Crippen LogP contribution in [-0.2, 0) is 15.1 Å². The van der Waals surface area contributed by atoms with E-state index >= 15 is 0 Å². The lowest BCUT2D eigenvalue weighted by molar-refractivity contribution is -0.112. The lowest BCUT2D eigenvalue weighted by Crippen LogP contribution is -2.09. The third-order valence-corrected chi connectivity index (χ3v) is 2.19. The van der Waals surface area contributed by atoms with Gasteiger partial charge in [-0.25, -0.2) is 0 Å². The van der Waals surface area contributed by atoms with Crippen LogP contribution in [0.25, 0.3) is 0 Å². The van der Waals surface area contributed by atoms with Crippen molar-refractivity contribution < 1.29 is 15.0 Å². The van der Waals surface area contributed by atoms with Crippen molar-refractivity contribution in [2.75, 3.05) is 6.61 Å². The van der Waals surface area contributed by atoms with Crippen LogP contribution in [0, 0.1) is 6.92 Å². The molecule has 3 nitrogen and oxygen atoms in total. The van der Waals surface area contributed by atoms with Gasteiger partial charge in [0.2, 0.25) is 0 Å². The molecule has 1 aromatic carbocycles. The second-order valence-corrected chi connectivity index (χ2v) is 3.16. The van der Waals surface area contributed by atoms with Gasteiger partial charge in [-0.05, 0) is 12.5 Å². The van der Waals surface area contributed by atoms with E-state index in [-0.39, 0.29) is 5.48 Å². The van der Waals surface area contributed by atoms with Gasteiger partial charge in [0, 0.05) is 0 Å². The van der Waals surface area contributed by atoms with Crippen molar-refractivity contribution in [1.29, 1.82) is 0 Å². The van der Waals surface area contributed by atoms with Crippen LogP contribution in [0.2, 0.25) is 0 Å². The Hall–Kier alpha value is -1.19. The Labute approximate surface area is 76.6 Å². The monoisotopic (exact) mass is 180 g/mol. The Kier molecular flexibility index (Phi) is 2.50. The molecule has 1 aliphatic heterocycles. The van der Waals surface area contributed by atoms with Crippen LogP contribution in [0.1, 0.15) is 11.1 Å². The van der Waals surface area contributed by atoms with E-state index in [9.17, 15) is 4.79 Å². The number of ether oxygens (including phenoxy) is 1. The minimum atomic E-state index is -0.603. The number of hydrogen-bond acceptors (Lipinski definition) is 2. The molecule has 1 unspecified atom stereocenters. The van der Waals surface area contributed by atoms with Crippen molar-refractivity contribution >= 4 is 6.29 Å². The maximum atomic E-state index is 10.6. The normalized spacial score (nSPS) is 24.7. The molecule has 1 aliphatic rings. The fourth-order valence-electron chi connectivity index (χ4n) is 1.22. The molecule has 0 bridgehead atoms. The second kappa shape index (κ2) is 3.28. The van der Waals surface area contributed by atoms with E-state index in [1.165, 1.54) is 5.56 Å². The van der Waals surface area contributed by atoms with Crippen LogP contribution in [0.4, 0.5) is 0 Å². The molecular weight excluding hydrogens is 168 g/mol. The first-order valence-electron chi connectivity index (χ1n) is 3.94. The predicted molar refractivity (Wildman–Crippen MR) is 48.5 cm³/mol. The summed E-state index contributed by atoms with van der Waals surface area (Å²) < 4.78 is 5.10. The zero-order chi connectivity index (χ0) is 8.60. The molecule has 70 valence electrons.